The van der Waals surface area contributed by atoms with Crippen molar-refractivity contribution in [3.05, 3.63) is 52.7 Å². The summed E-state index contributed by atoms with van der Waals surface area (Å²) in [5.41, 5.74) is -0.402. The lowest BCUT2D eigenvalue weighted by atomic mass is 9.96. The van der Waals surface area contributed by atoms with Crippen molar-refractivity contribution in [1.82, 2.24) is 0 Å². The maximum absolute atomic E-state index is 13.3. The van der Waals surface area contributed by atoms with Gasteiger partial charge >= 0.3 is 5.97 Å². The van der Waals surface area contributed by atoms with Crippen molar-refractivity contribution in [2.45, 2.75) is 137 Å². The zero-order valence-corrected chi connectivity index (χ0v) is 35.9. The number of esters is 1. The van der Waals surface area contributed by atoms with Crippen molar-refractivity contribution in [3.63, 3.8) is 0 Å². The van der Waals surface area contributed by atoms with Crippen LogP contribution >= 0.6 is 0 Å². The van der Waals surface area contributed by atoms with E-state index in [0.29, 0.717) is 11.3 Å². The third-order valence-electron chi connectivity index (χ3n) is 11.8. The second-order valence-electron chi connectivity index (χ2n) is 16.4. The molecular weight excluding hydrogens is 904 g/mol. The first-order chi connectivity index (χ1) is 31.8. The van der Waals surface area contributed by atoms with Gasteiger partial charge in [0.2, 0.25) is 6.29 Å². The van der Waals surface area contributed by atoms with Gasteiger partial charge in [0.15, 0.2) is 42.6 Å². The van der Waals surface area contributed by atoms with E-state index in [4.69, 9.17) is 51.8 Å². The van der Waals surface area contributed by atoms with Crippen LogP contribution in [0.1, 0.15) is 13.8 Å². The molecule has 1 aromatic heterocycles. The molecule has 5 heterocycles. The third kappa shape index (κ3) is 10.5. The number of rotatable bonds is 14. The minimum Gasteiger partial charge on any atom is -0.507 e. The number of ether oxygens (including phenoxy) is 10. The smallest absolute Gasteiger partial charge is 0.303 e. The zero-order chi connectivity index (χ0) is 48.6. The van der Waals surface area contributed by atoms with E-state index in [1.165, 1.54) is 20.1 Å². The van der Waals surface area contributed by atoms with Gasteiger partial charge in [0.25, 0.3) is 0 Å². The first-order valence-electron chi connectivity index (χ1n) is 21.0. The Morgan fingerprint density at radius 3 is 1.88 bits per heavy atom. The summed E-state index contributed by atoms with van der Waals surface area (Å²) in [5.74, 6) is -1.36. The Hall–Kier alpha value is -4.20. The predicted octanol–water partition coefficient (Wildman–Crippen LogP) is -4.58. The lowest BCUT2D eigenvalue weighted by Crippen LogP contribution is -2.67. The monoisotopic (exact) mass is 958 g/mol. The molecule has 3 aromatic rings. The number of phenolic OH excluding ortho intramolecular Hbond substituents is 1. The lowest BCUT2D eigenvalue weighted by Gasteiger charge is -2.49. The Labute approximate surface area is 379 Å². The van der Waals surface area contributed by atoms with Gasteiger partial charge in [-0.15, -0.1) is 0 Å². The first kappa shape index (κ1) is 50.7. The SMILES string of the molecule is COc1ccc(-c2cc(=O)c3c(O)cc(OC4OC(COC5OC(C)C(O)C(O)C5O)C(O)C(O)C4OC4OC(CO)C(O)C(OC(C)=O)C4OC4OC(CO)C(O)C(O)C4O)cc3o2)cc1. The summed E-state index contributed by atoms with van der Waals surface area (Å²) < 4.78 is 63.4. The van der Waals surface area contributed by atoms with Crippen LogP contribution in [0.4, 0.5) is 0 Å². The summed E-state index contributed by atoms with van der Waals surface area (Å²) in [6, 6.07) is 9.81. The Kier molecular flexibility index (Phi) is 16.0. The Bertz CT molecular complexity index is 2190. The quantitative estimate of drug-likeness (QED) is 0.0677. The average molecular weight is 959 g/mol. The molecule has 372 valence electrons. The van der Waals surface area contributed by atoms with Crippen molar-refractivity contribution >= 4 is 16.9 Å². The largest absolute Gasteiger partial charge is 0.507 e. The van der Waals surface area contributed by atoms with E-state index in [9.17, 15) is 70.9 Å². The predicted molar refractivity (Wildman–Crippen MR) is 217 cm³/mol. The highest BCUT2D eigenvalue weighted by Gasteiger charge is 2.56. The number of benzene rings is 2. The van der Waals surface area contributed by atoms with Gasteiger partial charge < -0.3 is 113 Å². The summed E-state index contributed by atoms with van der Waals surface area (Å²) >= 11 is 0. The van der Waals surface area contributed by atoms with Crippen molar-refractivity contribution in [2.75, 3.05) is 26.9 Å². The summed E-state index contributed by atoms with van der Waals surface area (Å²) in [6.45, 7) is -0.184. The lowest BCUT2D eigenvalue weighted by molar-refractivity contribution is -0.390. The number of hydrogen-bond acceptors (Lipinski definition) is 25. The maximum Gasteiger partial charge on any atom is 0.303 e. The number of aliphatic hydroxyl groups is 11. The molecule has 20 unspecified atom stereocenters. The number of aromatic hydroxyl groups is 1. The summed E-state index contributed by atoms with van der Waals surface area (Å²) in [5, 5.41) is 128. The van der Waals surface area contributed by atoms with Crippen LogP contribution in [0.25, 0.3) is 22.3 Å². The second kappa shape index (κ2) is 21.2. The van der Waals surface area contributed by atoms with Crippen LogP contribution < -0.4 is 14.9 Å². The number of phenols is 1. The number of aliphatic hydroxyl groups excluding tert-OH is 11. The zero-order valence-electron chi connectivity index (χ0n) is 35.9. The van der Waals surface area contributed by atoms with Gasteiger partial charge in [0.1, 0.15) is 107 Å². The topological polar surface area (TPSA) is 382 Å². The number of methoxy groups -OCH3 is 1. The molecule has 25 nitrogen and oxygen atoms in total. The highest BCUT2D eigenvalue weighted by molar-refractivity contribution is 5.86. The van der Waals surface area contributed by atoms with E-state index in [0.717, 1.165) is 19.1 Å². The first-order valence-corrected chi connectivity index (χ1v) is 21.0. The van der Waals surface area contributed by atoms with Gasteiger partial charge in [0, 0.05) is 30.7 Å². The van der Waals surface area contributed by atoms with Gasteiger partial charge in [-0.25, -0.2) is 0 Å². The van der Waals surface area contributed by atoms with Crippen LogP contribution in [-0.2, 0) is 42.7 Å². The van der Waals surface area contributed by atoms with E-state index in [1.54, 1.807) is 24.3 Å². The van der Waals surface area contributed by atoms with Gasteiger partial charge in [0.05, 0.1) is 33.0 Å². The van der Waals surface area contributed by atoms with Crippen LogP contribution in [0.3, 0.4) is 0 Å². The minimum absolute atomic E-state index is 0.0736. The fourth-order valence-electron chi connectivity index (χ4n) is 8.08. The van der Waals surface area contributed by atoms with Crippen molar-refractivity contribution in [2.24, 2.45) is 0 Å². The maximum atomic E-state index is 13.3. The Balaban J connectivity index is 1.25. The molecule has 7 rings (SSSR count). The fourth-order valence-corrected chi connectivity index (χ4v) is 8.08. The van der Waals surface area contributed by atoms with Gasteiger partial charge in [-0.05, 0) is 31.2 Å². The van der Waals surface area contributed by atoms with Gasteiger partial charge in [-0.1, -0.05) is 0 Å². The fraction of sp³-hybridized carbons (Fsp3) is 0.619. The van der Waals surface area contributed by atoms with E-state index in [1.807, 2.05) is 0 Å². The van der Waals surface area contributed by atoms with Crippen molar-refractivity contribution in [3.8, 4) is 28.6 Å². The molecule has 0 bridgehead atoms. The molecule has 0 saturated carbocycles. The molecule has 0 radical (unpaired) electrons. The molecule has 2 aromatic carbocycles. The van der Waals surface area contributed by atoms with Crippen molar-refractivity contribution < 1.29 is 118 Å². The number of hydrogen-bond donors (Lipinski definition) is 12. The minimum atomic E-state index is -2.12. The van der Waals surface area contributed by atoms with E-state index in [-0.39, 0.29) is 22.5 Å². The summed E-state index contributed by atoms with van der Waals surface area (Å²) in [7, 11) is 1.47. The van der Waals surface area contributed by atoms with Crippen LogP contribution in [-0.4, -0.2) is 217 Å². The highest BCUT2D eigenvalue weighted by Crippen LogP contribution is 2.37. The second-order valence-corrected chi connectivity index (χ2v) is 16.4. The molecule has 4 aliphatic heterocycles. The van der Waals surface area contributed by atoms with Crippen molar-refractivity contribution in [1.29, 1.82) is 0 Å². The van der Waals surface area contributed by atoms with Crippen LogP contribution in [0.15, 0.2) is 51.7 Å². The van der Waals surface area contributed by atoms with Crippen LogP contribution in [0, 0.1) is 0 Å². The molecule has 4 aliphatic rings. The average Bonchev–Trinajstić information content (AvgIpc) is 3.30. The van der Waals surface area contributed by atoms with E-state index >= 15 is 0 Å². The van der Waals surface area contributed by atoms with Gasteiger partial charge in [-0.3, -0.25) is 9.59 Å². The molecule has 0 spiro atoms. The molecule has 12 N–H and O–H groups in total. The standard InChI is InChI=1S/C42H54O25/c1-14-27(48)31(52)34(55)39(59-14)58-13-25-29(50)33(54)37(41(65-25)61-18-8-19(46)26-20(47)10-21(62-22(26)9-18)16-4-6-17(57-3)7-5-16)66-42-38(36(60-15(2)45)30(51)24(12-44)64-42)67-40-35(56)32(53)28(49)23(11-43)63-40/h4-10,14,23-25,27-44,46,48-56H,11-13H2,1-3H3. The van der Waals surface area contributed by atoms with Gasteiger partial charge in [-0.2, -0.15) is 0 Å². The number of carbonyl (C=O) groups is 1. The molecular formula is C42H54O25. The van der Waals surface area contributed by atoms with Crippen LogP contribution in [0.2, 0.25) is 0 Å². The van der Waals surface area contributed by atoms with E-state index < -0.39 is 160 Å². The summed E-state index contributed by atoms with van der Waals surface area (Å²) in [6.07, 6.45) is -36.0. The number of carbonyl (C=O) groups excluding carboxylic acids is 1. The molecule has 0 aliphatic carbocycles. The molecule has 20 atom stereocenters. The molecule has 67 heavy (non-hydrogen) atoms. The Morgan fingerprint density at radius 1 is 0.627 bits per heavy atom. The molecule has 4 fully saturated rings. The molecule has 4 saturated heterocycles. The Morgan fingerprint density at radius 2 is 1.22 bits per heavy atom. The number of fused-ring (bicyclic) bond motifs is 1. The van der Waals surface area contributed by atoms with Crippen LogP contribution in [0.5, 0.6) is 17.2 Å². The normalized spacial score (nSPS) is 39.2. The summed E-state index contributed by atoms with van der Waals surface area (Å²) in [4.78, 5) is 25.7. The van der Waals surface area contributed by atoms with E-state index in [2.05, 4.69) is 0 Å². The molecule has 25 heteroatoms. The highest BCUT2D eigenvalue weighted by atomic mass is 16.8. The molecule has 0 amide bonds. The third-order valence-corrected chi connectivity index (χ3v) is 11.8.